The molecule has 0 unspecified atom stereocenters. The molecule has 5 nitrogen and oxygen atoms in total. The van der Waals surface area contributed by atoms with Gasteiger partial charge in [0.15, 0.2) is 0 Å². The van der Waals surface area contributed by atoms with Crippen molar-refractivity contribution in [3.63, 3.8) is 0 Å². The molecule has 2 bridgehead atoms. The van der Waals surface area contributed by atoms with Crippen molar-refractivity contribution in [2.24, 2.45) is 35.5 Å². The zero-order valence-electron chi connectivity index (χ0n) is 18.9. The first-order chi connectivity index (χ1) is 15.9. The number of hydrogen-bond donors (Lipinski definition) is 1. The minimum absolute atomic E-state index is 0.145. The predicted octanol–water partition coefficient (Wildman–Crippen LogP) is 3.91. The molecular formula is C28H28N2O3. The molecule has 0 radical (unpaired) electrons. The van der Waals surface area contributed by atoms with Gasteiger partial charge in [0.2, 0.25) is 17.7 Å². The molecule has 0 aromatic heterocycles. The molecule has 33 heavy (non-hydrogen) atoms. The number of carbonyl (C=O) groups is 3. The van der Waals surface area contributed by atoms with Crippen molar-refractivity contribution in [1.82, 2.24) is 4.90 Å². The van der Waals surface area contributed by atoms with E-state index < -0.39 is 6.04 Å². The fourth-order valence-corrected chi connectivity index (χ4v) is 6.70. The number of nitrogens with zero attached hydrogens (tertiary/aromatic N) is 1. The molecule has 2 aromatic rings. The number of imide groups is 1. The Labute approximate surface area is 193 Å². The van der Waals surface area contributed by atoms with Gasteiger partial charge in [-0.05, 0) is 72.8 Å². The Morgan fingerprint density at radius 2 is 1.52 bits per heavy atom. The Bertz CT molecular complexity index is 1130. The second-order valence-corrected chi connectivity index (χ2v) is 10.3. The normalized spacial score (nSPS) is 31.9. The molecule has 7 atom stereocenters. The number of likely N-dealkylation sites (tertiary alicyclic amines) is 1. The van der Waals surface area contributed by atoms with Crippen LogP contribution in [-0.4, -0.2) is 28.7 Å². The van der Waals surface area contributed by atoms with E-state index in [1.54, 1.807) is 0 Å². The number of allylic oxidation sites excluding steroid dienone is 2. The molecule has 1 heterocycles. The SMILES string of the molecule is Cc1cc(C)cc(NC(=O)[C@H](Cc2ccccc2)N2C(=O)[C@@H]3[C@H]4C=C[C@@H]([C@@H]5C[C@H]45)[C@@H]3C2=O)c1. The van der Waals surface area contributed by atoms with Gasteiger partial charge in [0, 0.05) is 12.1 Å². The highest BCUT2D eigenvalue weighted by Gasteiger charge is 2.67. The maximum atomic E-state index is 13.7. The molecule has 3 fully saturated rings. The van der Waals surface area contributed by atoms with Gasteiger partial charge in [-0.3, -0.25) is 19.3 Å². The number of amides is 3. The lowest BCUT2D eigenvalue weighted by Crippen LogP contribution is -2.49. The number of aryl methyl sites for hydroxylation is 2. The number of benzene rings is 2. The van der Waals surface area contributed by atoms with E-state index in [2.05, 4.69) is 17.5 Å². The van der Waals surface area contributed by atoms with Crippen molar-refractivity contribution in [3.8, 4) is 0 Å². The number of hydrogen-bond acceptors (Lipinski definition) is 3. The summed E-state index contributed by atoms with van der Waals surface area (Å²) in [6, 6.07) is 14.6. The van der Waals surface area contributed by atoms with Crippen LogP contribution in [0.1, 0.15) is 23.1 Å². The van der Waals surface area contributed by atoms with Crippen LogP contribution < -0.4 is 5.32 Å². The van der Waals surface area contributed by atoms with E-state index in [0.29, 0.717) is 23.9 Å². The number of carbonyl (C=O) groups excluding carboxylic acids is 3. The Kier molecular flexibility index (Phi) is 4.58. The highest BCUT2D eigenvalue weighted by Crippen LogP contribution is 2.65. The van der Waals surface area contributed by atoms with Gasteiger partial charge in [0.1, 0.15) is 6.04 Å². The fraction of sp³-hybridized carbons (Fsp3) is 0.393. The smallest absolute Gasteiger partial charge is 0.248 e. The Morgan fingerprint density at radius 3 is 2.09 bits per heavy atom. The third-order valence-corrected chi connectivity index (χ3v) is 8.07. The topological polar surface area (TPSA) is 66.5 Å². The van der Waals surface area contributed by atoms with Gasteiger partial charge in [0.25, 0.3) is 0 Å². The highest BCUT2D eigenvalue weighted by molar-refractivity contribution is 6.10. The second kappa shape index (κ2) is 7.41. The molecule has 1 N–H and O–H groups in total. The molecule has 2 saturated carbocycles. The summed E-state index contributed by atoms with van der Waals surface area (Å²) in [5.41, 5.74) is 3.71. The van der Waals surface area contributed by atoms with E-state index in [0.717, 1.165) is 23.1 Å². The quantitative estimate of drug-likeness (QED) is 0.566. The zero-order chi connectivity index (χ0) is 22.9. The number of nitrogens with one attached hydrogen (secondary N) is 1. The summed E-state index contributed by atoms with van der Waals surface area (Å²) in [5.74, 6) is 0.126. The molecular weight excluding hydrogens is 412 g/mol. The van der Waals surface area contributed by atoms with Gasteiger partial charge in [-0.2, -0.15) is 0 Å². The molecule has 7 rings (SSSR count). The third-order valence-electron chi connectivity index (χ3n) is 8.07. The van der Waals surface area contributed by atoms with E-state index in [1.807, 2.05) is 62.4 Å². The number of anilines is 1. The standard InChI is InChI=1S/C28H28N2O3/c1-15-10-16(2)12-18(11-15)29-26(31)23(13-17-6-4-3-5-7-17)30-27(32)24-19-8-9-20(22-14-21(19)22)25(24)28(30)33/h3-12,19-25H,13-14H2,1-2H3,(H,29,31)/t19-,20-,21-,22+,23-,24-,25+/m0/s1. The molecule has 5 aliphatic rings. The Balaban J connectivity index is 1.34. The van der Waals surface area contributed by atoms with E-state index in [9.17, 15) is 14.4 Å². The minimum Gasteiger partial charge on any atom is -0.324 e. The summed E-state index contributed by atoms with van der Waals surface area (Å²) in [6.07, 6.45) is 5.76. The average molecular weight is 441 g/mol. The van der Waals surface area contributed by atoms with E-state index in [4.69, 9.17) is 0 Å². The minimum atomic E-state index is -0.866. The summed E-state index contributed by atoms with van der Waals surface area (Å²) in [4.78, 5) is 42.3. The van der Waals surface area contributed by atoms with Crippen molar-refractivity contribution < 1.29 is 14.4 Å². The summed E-state index contributed by atoms with van der Waals surface area (Å²) in [6.45, 7) is 3.97. The van der Waals surface area contributed by atoms with Crippen LogP contribution >= 0.6 is 0 Å². The molecule has 1 aliphatic heterocycles. The van der Waals surface area contributed by atoms with Gasteiger partial charge < -0.3 is 5.32 Å². The molecule has 168 valence electrons. The van der Waals surface area contributed by atoms with Crippen molar-refractivity contribution in [2.75, 3.05) is 5.32 Å². The summed E-state index contributed by atoms with van der Waals surface area (Å²) >= 11 is 0. The average Bonchev–Trinajstić information content (AvgIpc) is 3.56. The van der Waals surface area contributed by atoms with Crippen LogP contribution in [0.2, 0.25) is 0 Å². The van der Waals surface area contributed by atoms with Crippen LogP contribution in [0.4, 0.5) is 5.69 Å². The van der Waals surface area contributed by atoms with Crippen LogP contribution in [0.5, 0.6) is 0 Å². The Hall–Kier alpha value is -3.21. The first kappa shape index (κ1) is 20.4. The molecule has 4 aliphatic carbocycles. The number of rotatable bonds is 5. The monoisotopic (exact) mass is 440 g/mol. The maximum absolute atomic E-state index is 13.7. The van der Waals surface area contributed by atoms with Crippen LogP contribution in [-0.2, 0) is 20.8 Å². The van der Waals surface area contributed by atoms with Crippen LogP contribution in [0.3, 0.4) is 0 Å². The lowest BCUT2D eigenvalue weighted by Gasteiger charge is -2.37. The van der Waals surface area contributed by atoms with Crippen LogP contribution in [0.25, 0.3) is 0 Å². The first-order valence-corrected chi connectivity index (χ1v) is 11.9. The van der Waals surface area contributed by atoms with Crippen molar-refractivity contribution in [3.05, 3.63) is 77.4 Å². The van der Waals surface area contributed by atoms with Gasteiger partial charge in [-0.1, -0.05) is 48.6 Å². The van der Waals surface area contributed by atoms with Crippen molar-refractivity contribution in [2.45, 2.75) is 32.7 Å². The Morgan fingerprint density at radius 1 is 0.939 bits per heavy atom. The predicted molar refractivity (Wildman–Crippen MR) is 125 cm³/mol. The molecule has 5 heteroatoms. The summed E-state index contributed by atoms with van der Waals surface area (Å²) < 4.78 is 0. The molecule has 3 amide bonds. The lowest BCUT2D eigenvalue weighted by molar-refractivity contribution is -0.146. The van der Waals surface area contributed by atoms with Crippen LogP contribution in [0.15, 0.2) is 60.7 Å². The van der Waals surface area contributed by atoms with E-state index >= 15 is 0 Å². The van der Waals surface area contributed by atoms with Gasteiger partial charge >= 0.3 is 0 Å². The van der Waals surface area contributed by atoms with Gasteiger partial charge in [-0.25, -0.2) is 0 Å². The first-order valence-electron chi connectivity index (χ1n) is 11.9. The molecule has 0 spiro atoms. The maximum Gasteiger partial charge on any atom is 0.248 e. The third kappa shape index (κ3) is 3.25. The van der Waals surface area contributed by atoms with Gasteiger partial charge in [-0.15, -0.1) is 0 Å². The van der Waals surface area contributed by atoms with Crippen molar-refractivity contribution >= 4 is 23.4 Å². The second-order valence-electron chi connectivity index (χ2n) is 10.3. The van der Waals surface area contributed by atoms with Crippen LogP contribution in [0, 0.1) is 49.4 Å². The fourth-order valence-electron chi connectivity index (χ4n) is 6.70. The summed E-state index contributed by atoms with van der Waals surface area (Å²) in [7, 11) is 0. The van der Waals surface area contributed by atoms with Gasteiger partial charge in [0.05, 0.1) is 11.8 Å². The van der Waals surface area contributed by atoms with E-state index in [-0.39, 0.29) is 41.4 Å². The molecule has 1 saturated heterocycles. The summed E-state index contributed by atoms with van der Waals surface area (Å²) in [5, 5.41) is 3.00. The lowest BCUT2D eigenvalue weighted by atomic mass is 9.63. The molecule has 2 aromatic carbocycles. The van der Waals surface area contributed by atoms with E-state index in [1.165, 1.54) is 4.90 Å². The van der Waals surface area contributed by atoms with Crippen molar-refractivity contribution in [1.29, 1.82) is 0 Å². The largest absolute Gasteiger partial charge is 0.324 e. The zero-order valence-corrected chi connectivity index (χ0v) is 18.9. The highest BCUT2D eigenvalue weighted by atomic mass is 16.2.